The van der Waals surface area contributed by atoms with Crippen LogP contribution in [0.4, 0.5) is 5.69 Å². The molecular weight excluding hydrogens is 412 g/mol. The fourth-order valence-electron chi connectivity index (χ4n) is 3.08. The number of rotatable bonds is 2. The predicted octanol–water partition coefficient (Wildman–Crippen LogP) is 7.08. The molecule has 0 radical (unpaired) electrons. The van der Waals surface area contributed by atoms with Crippen molar-refractivity contribution in [3.05, 3.63) is 147 Å². The fourth-order valence-corrected chi connectivity index (χ4v) is 3.08. The second-order valence-corrected chi connectivity index (χ2v) is 7.43. The van der Waals surface area contributed by atoms with Gasteiger partial charge < -0.3 is 0 Å². The number of nitrogens with zero attached hydrogens (tertiary/aromatic N) is 2. The van der Waals surface area contributed by atoms with E-state index in [1.165, 1.54) is 0 Å². The average molecular weight is 431 g/mol. The zero-order valence-corrected chi connectivity index (χ0v) is 18.3. The van der Waals surface area contributed by atoms with Crippen LogP contribution in [0.25, 0.3) is 17.0 Å². The third kappa shape index (κ3) is 6.13. The Morgan fingerprint density at radius 2 is 0.824 bits per heavy atom. The van der Waals surface area contributed by atoms with Gasteiger partial charge in [-0.1, -0.05) is 84.4 Å². The van der Waals surface area contributed by atoms with E-state index in [1.54, 1.807) is 24.3 Å². The second kappa shape index (κ2) is 10.8. The van der Waals surface area contributed by atoms with Gasteiger partial charge in [-0.15, -0.1) is 0 Å². The van der Waals surface area contributed by atoms with Crippen LogP contribution >= 0.6 is 0 Å². The molecule has 0 aliphatic rings. The van der Waals surface area contributed by atoms with Gasteiger partial charge in [-0.2, -0.15) is 5.26 Å². The highest BCUT2D eigenvalue weighted by Crippen LogP contribution is 2.13. The van der Waals surface area contributed by atoms with E-state index in [1.807, 2.05) is 72.8 Å². The van der Waals surface area contributed by atoms with E-state index in [0.29, 0.717) is 11.3 Å². The summed E-state index contributed by atoms with van der Waals surface area (Å²) in [7, 11) is 0. The van der Waals surface area contributed by atoms with Crippen LogP contribution in [0.2, 0.25) is 0 Å². The maximum absolute atomic E-state index is 8.86. The highest BCUT2D eigenvalue weighted by Gasteiger charge is 1.94. The Morgan fingerprint density at radius 3 is 1.18 bits per heavy atom. The molecule has 0 aliphatic carbocycles. The summed E-state index contributed by atoms with van der Waals surface area (Å²) in [6.07, 6.45) is 4.13. The number of benzene rings is 4. The molecule has 4 rings (SSSR count). The van der Waals surface area contributed by atoms with E-state index in [2.05, 4.69) is 46.7 Å². The average Bonchev–Trinajstić information content (AvgIpc) is 2.91. The van der Waals surface area contributed by atoms with E-state index < -0.39 is 0 Å². The topological polar surface area (TPSA) is 28.1 Å². The van der Waals surface area contributed by atoms with Gasteiger partial charge in [0.05, 0.1) is 18.2 Å². The molecule has 0 fully saturated rings. The van der Waals surface area contributed by atoms with Crippen molar-refractivity contribution < 1.29 is 0 Å². The minimum atomic E-state index is 0.618. The molecule has 0 bridgehead atoms. The van der Waals surface area contributed by atoms with Gasteiger partial charge in [-0.3, -0.25) is 0 Å². The summed E-state index contributed by atoms with van der Waals surface area (Å²) in [5.74, 6) is 12.6. The molecule has 0 amide bonds. The lowest BCUT2D eigenvalue weighted by Gasteiger charge is -1.97. The third-order valence-corrected chi connectivity index (χ3v) is 5.00. The van der Waals surface area contributed by atoms with Crippen LogP contribution in [0.15, 0.2) is 97.1 Å². The van der Waals surface area contributed by atoms with Crippen molar-refractivity contribution in [1.29, 1.82) is 5.26 Å². The number of hydrogen-bond donors (Lipinski definition) is 0. The van der Waals surface area contributed by atoms with Crippen molar-refractivity contribution >= 4 is 17.8 Å². The molecule has 0 spiro atoms. The summed E-state index contributed by atoms with van der Waals surface area (Å²) in [4.78, 5) is 3.39. The lowest BCUT2D eigenvalue weighted by molar-refractivity contribution is 1.48. The molecule has 0 N–H and O–H groups in total. The highest BCUT2D eigenvalue weighted by atomic mass is 14.6. The van der Waals surface area contributed by atoms with Crippen LogP contribution in [0.5, 0.6) is 0 Å². The molecule has 2 nitrogen and oxygen atoms in total. The summed E-state index contributed by atoms with van der Waals surface area (Å²) in [6, 6.07) is 32.8. The summed E-state index contributed by atoms with van der Waals surface area (Å²) in [6.45, 7) is 7.00. The normalized spacial score (nSPS) is 9.71. The van der Waals surface area contributed by atoms with Crippen molar-refractivity contribution in [2.75, 3.05) is 0 Å². The first kappa shape index (κ1) is 21.9. The van der Waals surface area contributed by atoms with Gasteiger partial charge >= 0.3 is 0 Å². The Bertz CT molecular complexity index is 1400. The van der Waals surface area contributed by atoms with E-state index in [4.69, 9.17) is 11.8 Å². The molecule has 0 aliphatic heterocycles. The molecule has 0 heterocycles. The summed E-state index contributed by atoms with van der Waals surface area (Å²) < 4.78 is 0. The van der Waals surface area contributed by atoms with Crippen LogP contribution in [-0.2, 0) is 0 Å². The van der Waals surface area contributed by atoms with Crippen LogP contribution in [0.3, 0.4) is 0 Å². The smallest absolute Gasteiger partial charge is 0.187 e. The molecule has 0 unspecified atom stereocenters. The largest absolute Gasteiger partial charge is 0.238 e. The third-order valence-electron chi connectivity index (χ3n) is 5.00. The molecule has 34 heavy (non-hydrogen) atoms. The molecule has 2 heteroatoms. The maximum Gasteiger partial charge on any atom is 0.187 e. The summed E-state index contributed by atoms with van der Waals surface area (Å²) in [5.41, 5.74) is 7.09. The SMILES string of the molecule is [C-]#[N+]c1ccc(C#Cc2ccc(/C=C/c3ccc(C#Cc4ccc(C#N)cc4)cc3)cc2)cc1. The Kier molecular flexibility index (Phi) is 7.00. The van der Waals surface area contributed by atoms with Crippen LogP contribution in [-0.4, -0.2) is 0 Å². The molecule has 4 aromatic carbocycles. The first-order chi connectivity index (χ1) is 16.7. The van der Waals surface area contributed by atoms with E-state index in [9.17, 15) is 0 Å². The Morgan fingerprint density at radius 1 is 0.500 bits per heavy atom. The van der Waals surface area contributed by atoms with Crippen molar-refractivity contribution in [1.82, 2.24) is 0 Å². The first-order valence-electron chi connectivity index (χ1n) is 10.6. The summed E-state index contributed by atoms with van der Waals surface area (Å²) in [5, 5.41) is 8.86. The van der Waals surface area contributed by atoms with Crippen LogP contribution in [0, 0.1) is 41.6 Å². The van der Waals surface area contributed by atoms with Crippen molar-refractivity contribution in [2.45, 2.75) is 0 Å². The van der Waals surface area contributed by atoms with E-state index in [0.717, 1.165) is 33.4 Å². The zero-order valence-electron chi connectivity index (χ0n) is 18.3. The van der Waals surface area contributed by atoms with Gasteiger partial charge in [-0.05, 0) is 59.7 Å². The van der Waals surface area contributed by atoms with Gasteiger partial charge in [0.25, 0.3) is 0 Å². The first-order valence-corrected chi connectivity index (χ1v) is 10.6. The lowest BCUT2D eigenvalue weighted by atomic mass is 10.1. The monoisotopic (exact) mass is 430 g/mol. The Labute approximate surface area is 200 Å². The molecule has 0 saturated heterocycles. The molecule has 0 aromatic heterocycles. The van der Waals surface area contributed by atoms with Crippen LogP contribution < -0.4 is 0 Å². The lowest BCUT2D eigenvalue weighted by Crippen LogP contribution is -1.79. The van der Waals surface area contributed by atoms with Gasteiger partial charge in [0.1, 0.15) is 0 Å². The Balaban J connectivity index is 1.37. The van der Waals surface area contributed by atoms with Crippen molar-refractivity contribution in [2.24, 2.45) is 0 Å². The molecule has 0 atom stereocenters. The summed E-state index contributed by atoms with van der Waals surface area (Å²) >= 11 is 0. The predicted molar refractivity (Wildman–Crippen MR) is 138 cm³/mol. The maximum atomic E-state index is 8.86. The molecule has 156 valence electrons. The van der Waals surface area contributed by atoms with Crippen molar-refractivity contribution in [3.8, 4) is 29.8 Å². The standard InChI is InChI=1S/C32H18N2/c1-34-32-22-20-30(21-23-32)15-14-28-10-8-26(9-11-28)3-2-25-4-6-27(7-5-25)12-13-29-16-18-31(24-33)19-17-29/h2-11,16-23H/b3-2+. The zero-order chi connectivity index (χ0) is 23.6. The van der Waals surface area contributed by atoms with Gasteiger partial charge in [0.2, 0.25) is 0 Å². The van der Waals surface area contributed by atoms with Crippen LogP contribution in [0.1, 0.15) is 38.9 Å². The highest BCUT2D eigenvalue weighted by molar-refractivity contribution is 5.70. The quantitative estimate of drug-likeness (QED) is 0.190. The van der Waals surface area contributed by atoms with E-state index >= 15 is 0 Å². The van der Waals surface area contributed by atoms with Crippen molar-refractivity contribution in [3.63, 3.8) is 0 Å². The van der Waals surface area contributed by atoms with Gasteiger partial charge in [-0.25, -0.2) is 4.85 Å². The van der Waals surface area contributed by atoms with Gasteiger partial charge in [0.15, 0.2) is 5.69 Å². The molecule has 4 aromatic rings. The van der Waals surface area contributed by atoms with Gasteiger partial charge in [0, 0.05) is 22.3 Å². The Hall–Kier alpha value is -5.28. The number of hydrogen-bond acceptors (Lipinski definition) is 1. The van der Waals surface area contributed by atoms with E-state index in [-0.39, 0.29) is 0 Å². The fraction of sp³-hybridized carbons (Fsp3) is 0. The minimum Gasteiger partial charge on any atom is -0.238 e. The number of nitriles is 1. The minimum absolute atomic E-state index is 0.618. The molecular formula is C32H18N2. The second-order valence-electron chi connectivity index (χ2n) is 7.43. The molecule has 0 saturated carbocycles.